The summed E-state index contributed by atoms with van der Waals surface area (Å²) in [6, 6.07) is 0.614. The van der Waals surface area contributed by atoms with Crippen LogP contribution in [-0.4, -0.2) is 40.3 Å². The molecule has 1 aromatic heterocycles. The molecule has 4 heteroatoms. The first-order chi connectivity index (χ1) is 10.2. The van der Waals surface area contributed by atoms with Crippen molar-refractivity contribution in [3.8, 4) is 0 Å². The third kappa shape index (κ3) is 4.55. The average molecular weight is 295 g/mol. The summed E-state index contributed by atoms with van der Waals surface area (Å²) in [6.07, 6.45) is 3.40. The van der Waals surface area contributed by atoms with E-state index in [9.17, 15) is 0 Å². The van der Waals surface area contributed by atoms with Gasteiger partial charge in [0, 0.05) is 31.9 Å². The van der Waals surface area contributed by atoms with E-state index >= 15 is 0 Å². The molecule has 0 aliphatic carbocycles. The highest BCUT2D eigenvalue weighted by Crippen LogP contribution is 2.22. The minimum absolute atomic E-state index is 0.524. The summed E-state index contributed by atoms with van der Waals surface area (Å²) < 4.78 is 7.79. The van der Waals surface area contributed by atoms with Crippen molar-refractivity contribution in [1.29, 1.82) is 0 Å². The molecule has 1 aromatic rings. The first-order valence-corrected chi connectivity index (χ1v) is 8.62. The Bertz CT molecular complexity index is 395. The second-order valence-electron chi connectivity index (χ2n) is 5.42. The zero-order chi connectivity index (χ0) is 15.8. The van der Waals surface area contributed by atoms with Crippen molar-refractivity contribution in [3.63, 3.8) is 0 Å². The highest BCUT2D eigenvalue weighted by Gasteiger charge is 2.27. The fraction of sp³-hybridized carbons (Fsp3) is 0.824. The molecule has 0 N–H and O–H groups in total. The quantitative estimate of drug-likeness (QED) is 0.834. The number of rotatable bonds is 2. The lowest BCUT2D eigenvalue weighted by atomic mass is 10.2. The molecule has 1 saturated heterocycles. The third-order valence-corrected chi connectivity index (χ3v) is 3.86. The van der Waals surface area contributed by atoms with Gasteiger partial charge in [0.2, 0.25) is 0 Å². The number of aromatic nitrogens is 2. The second-order valence-corrected chi connectivity index (χ2v) is 5.42. The molecule has 21 heavy (non-hydrogen) atoms. The van der Waals surface area contributed by atoms with Crippen LogP contribution in [0.1, 0.15) is 65.4 Å². The van der Waals surface area contributed by atoms with Crippen LogP contribution in [-0.2, 0) is 17.8 Å². The van der Waals surface area contributed by atoms with Crippen LogP contribution in [0.4, 0.5) is 0 Å². The van der Waals surface area contributed by atoms with Gasteiger partial charge >= 0.3 is 0 Å². The lowest BCUT2D eigenvalue weighted by Crippen LogP contribution is -2.41. The Kier molecular flexibility index (Phi) is 7.97. The van der Waals surface area contributed by atoms with Gasteiger partial charge in [0.15, 0.2) is 0 Å². The molecule has 0 aromatic carbocycles. The van der Waals surface area contributed by atoms with Gasteiger partial charge in [-0.05, 0) is 12.3 Å². The maximum atomic E-state index is 5.47. The summed E-state index contributed by atoms with van der Waals surface area (Å²) >= 11 is 0. The highest BCUT2D eigenvalue weighted by molar-refractivity contribution is 5.10. The molecule has 122 valence electrons. The monoisotopic (exact) mass is 295 g/mol. The summed E-state index contributed by atoms with van der Waals surface area (Å²) in [5, 5.41) is 0. The first-order valence-electron chi connectivity index (χ1n) is 8.62. The van der Waals surface area contributed by atoms with E-state index in [0.717, 1.165) is 32.8 Å². The van der Waals surface area contributed by atoms with E-state index < -0.39 is 0 Å². The van der Waals surface area contributed by atoms with E-state index in [-0.39, 0.29) is 0 Å². The molecular formula is C17H33N3O. The summed E-state index contributed by atoms with van der Waals surface area (Å²) in [5.41, 5.74) is 1.23. The van der Waals surface area contributed by atoms with Crippen LogP contribution in [0.5, 0.6) is 0 Å². The smallest absolute Gasteiger partial charge is 0.123 e. The molecular weight excluding hydrogens is 262 g/mol. The minimum Gasteiger partial charge on any atom is -0.380 e. The molecule has 2 aliphatic rings. The molecule has 1 fully saturated rings. The molecule has 1 atom stereocenters. The van der Waals surface area contributed by atoms with Gasteiger partial charge in [-0.25, -0.2) is 4.98 Å². The maximum Gasteiger partial charge on any atom is 0.123 e. The fourth-order valence-corrected chi connectivity index (χ4v) is 2.69. The predicted molar refractivity (Wildman–Crippen MR) is 88.6 cm³/mol. The second kappa shape index (κ2) is 9.21. The van der Waals surface area contributed by atoms with Crippen LogP contribution < -0.4 is 0 Å². The van der Waals surface area contributed by atoms with E-state index in [2.05, 4.69) is 29.5 Å². The molecule has 0 amide bonds. The predicted octanol–water partition coefficient (Wildman–Crippen LogP) is 3.66. The van der Waals surface area contributed by atoms with Gasteiger partial charge in [-0.15, -0.1) is 0 Å². The number of imidazole rings is 1. The van der Waals surface area contributed by atoms with Gasteiger partial charge in [-0.3, -0.25) is 4.90 Å². The average Bonchev–Trinajstić information content (AvgIpc) is 3.20. The molecule has 4 nitrogen and oxygen atoms in total. The minimum atomic E-state index is 0.524. The van der Waals surface area contributed by atoms with E-state index in [1.54, 1.807) is 0 Å². The SMILES string of the molecule is CC.CC.CC(C)c1cn2c(n1)CN(C1CCOC1)CC2. The highest BCUT2D eigenvalue weighted by atomic mass is 16.5. The molecule has 2 aliphatic heterocycles. The van der Waals surface area contributed by atoms with Crippen LogP contribution in [0.25, 0.3) is 0 Å². The Hall–Kier alpha value is -0.870. The van der Waals surface area contributed by atoms with Gasteiger partial charge < -0.3 is 9.30 Å². The zero-order valence-electron chi connectivity index (χ0n) is 14.7. The first kappa shape index (κ1) is 18.2. The van der Waals surface area contributed by atoms with Crippen LogP contribution in [0, 0.1) is 0 Å². The van der Waals surface area contributed by atoms with Gasteiger partial charge in [0.1, 0.15) is 5.82 Å². The number of ether oxygens (including phenoxy) is 1. The zero-order valence-corrected chi connectivity index (χ0v) is 14.7. The van der Waals surface area contributed by atoms with Crippen molar-refractivity contribution in [2.75, 3.05) is 19.8 Å². The van der Waals surface area contributed by atoms with Crippen molar-refractivity contribution in [2.24, 2.45) is 0 Å². The molecule has 3 heterocycles. The van der Waals surface area contributed by atoms with E-state index in [1.807, 2.05) is 27.7 Å². The van der Waals surface area contributed by atoms with Crippen LogP contribution in [0.15, 0.2) is 6.20 Å². The summed E-state index contributed by atoms with van der Waals surface area (Å²) in [4.78, 5) is 7.28. The van der Waals surface area contributed by atoms with E-state index in [1.165, 1.54) is 17.9 Å². The van der Waals surface area contributed by atoms with Gasteiger partial charge in [-0.1, -0.05) is 41.5 Å². The summed E-state index contributed by atoms with van der Waals surface area (Å²) in [6.45, 7) is 17.4. The van der Waals surface area contributed by atoms with Crippen LogP contribution >= 0.6 is 0 Å². The topological polar surface area (TPSA) is 30.3 Å². The van der Waals surface area contributed by atoms with Gasteiger partial charge in [0.05, 0.1) is 18.8 Å². The Morgan fingerprint density at radius 2 is 1.90 bits per heavy atom. The van der Waals surface area contributed by atoms with Gasteiger partial charge in [-0.2, -0.15) is 0 Å². The van der Waals surface area contributed by atoms with Gasteiger partial charge in [0.25, 0.3) is 0 Å². The van der Waals surface area contributed by atoms with Crippen molar-refractivity contribution in [2.45, 2.75) is 73.0 Å². The normalized spacial score (nSPS) is 21.2. The van der Waals surface area contributed by atoms with Crippen molar-refractivity contribution >= 4 is 0 Å². The Morgan fingerprint density at radius 3 is 2.48 bits per heavy atom. The third-order valence-electron chi connectivity index (χ3n) is 3.86. The number of nitrogens with zero attached hydrogens (tertiary/aromatic N) is 3. The lowest BCUT2D eigenvalue weighted by molar-refractivity contribution is 0.121. The van der Waals surface area contributed by atoms with E-state index in [4.69, 9.17) is 9.72 Å². The van der Waals surface area contributed by atoms with E-state index in [0.29, 0.717) is 12.0 Å². The molecule has 1 unspecified atom stereocenters. The molecule has 0 radical (unpaired) electrons. The Balaban J connectivity index is 0.000000510. The standard InChI is InChI=1S/C13H21N3O.2C2H6/c1-10(2)12-7-16-5-4-15(8-13(16)14-12)11-3-6-17-9-11;2*1-2/h7,10-11H,3-6,8-9H2,1-2H3;2*1-2H3. The molecule has 0 spiro atoms. The lowest BCUT2D eigenvalue weighted by Gasteiger charge is -2.31. The largest absolute Gasteiger partial charge is 0.380 e. The van der Waals surface area contributed by atoms with Crippen molar-refractivity contribution < 1.29 is 4.74 Å². The van der Waals surface area contributed by atoms with Crippen LogP contribution in [0.2, 0.25) is 0 Å². The number of fused-ring (bicyclic) bond motifs is 1. The fourth-order valence-electron chi connectivity index (χ4n) is 2.69. The number of hydrogen-bond acceptors (Lipinski definition) is 3. The summed E-state index contributed by atoms with van der Waals surface area (Å²) in [5.74, 6) is 1.75. The number of hydrogen-bond donors (Lipinski definition) is 0. The van der Waals surface area contributed by atoms with Crippen molar-refractivity contribution in [1.82, 2.24) is 14.5 Å². The summed E-state index contributed by atoms with van der Waals surface area (Å²) in [7, 11) is 0. The molecule has 3 rings (SSSR count). The van der Waals surface area contributed by atoms with Crippen LogP contribution in [0.3, 0.4) is 0 Å². The Labute approximate surface area is 130 Å². The van der Waals surface area contributed by atoms with Crippen molar-refractivity contribution in [3.05, 3.63) is 17.7 Å². The molecule has 0 bridgehead atoms. The Morgan fingerprint density at radius 1 is 1.19 bits per heavy atom. The maximum absolute atomic E-state index is 5.47. The molecule has 0 saturated carbocycles.